The van der Waals surface area contributed by atoms with Crippen molar-refractivity contribution in [1.29, 1.82) is 5.41 Å². The van der Waals surface area contributed by atoms with Crippen LogP contribution < -0.4 is 10.5 Å². The van der Waals surface area contributed by atoms with Crippen LogP contribution >= 0.6 is 0 Å². The second-order valence-electron chi connectivity index (χ2n) is 5.51. The number of H-pyrrole nitrogens is 1. The SMILES string of the molecule is CN(C(=N)N)C(=O)c1cc2cccc(Oc3cccc([N+](=O)[O-])c3)c2[nH]1. The molecule has 3 rings (SSSR count). The van der Waals surface area contributed by atoms with Gasteiger partial charge in [-0.15, -0.1) is 0 Å². The van der Waals surface area contributed by atoms with Crippen LogP contribution in [0.25, 0.3) is 10.9 Å². The Labute approximate surface area is 147 Å². The molecule has 1 heterocycles. The Bertz CT molecular complexity index is 1030. The van der Waals surface area contributed by atoms with Crippen LogP contribution in [0.1, 0.15) is 10.5 Å². The number of nitro benzene ring substituents is 1. The summed E-state index contributed by atoms with van der Waals surface area (Å²) in [7, 11) is 1.40. The van der Waals surface area contributed by atoms with Crippen molar-refractivity contribution in [2.24, 2.45) is 5.73 Å². The molecule has 0 unspecified atom stereocenters. The van der Waals surface area contributed by atoms with E-state index in [1.165, 1.54) is 25.2 Å². The Morgan fingerprint density at radius 2 is 2.00 bits per heavy atom. The minimum Gasteiger partial charge on any atom is -0.455 e. The largest absolute Gasteiger partial charge is 0.455 e. The van der Waals surface area contributed by atoms with Gasteiger partial charge in [-0.05, 0) is 18.2 Å². The molecule has 9 heteroatoms. The van der Waals surface area contributed by atoms with Crippen molar-refractivity contribution in [1.82, 2.24) is 9.88 Å². The molecular formula is C17H15N5O4. The second kappa shape index (κ2) is 6.55. The van der Waals surface area contributed by atoms with Gasteiger partial charge in [0.1, 0.15) is 11.4 Å². The number of aromatic amines is 1. The lowest BCUT2D eigenvalue weighted by Gasteiger charge is -2.12. The van der Waals surface area contributed by atoms with E-state index in [2.05, 4.69) is 4.98 Å². The Morgan fingerprint density at radius 3 is 2.69 bits per heavy atom. The molecule has 0 saturated carbocycles. The van der Waals surface area contributed by atoms with Crippen LogP contribution in [0.3, 0.4) is 0 Å². The van der Waals surface area contributed by atoms with Crippen molar-refractivity contribution in [3.05, 3.63) is 64.3 Å². The molecule has 0 aliphatic carbocycles. The van der Waals surface area contributed by atoms with E-state index in [9.17, 15) is 14.9 Å². The monoisotopic (exact) mass is 353 g/mol. The fraction of sp³-hybridized carbons (Fsp3) is 0.0588. The summed E-state index contributed by atoms with van der Waals surface area (Å²) in [6.07, 6.45) is 0. The van der Waals surface area contributed by atoms with Gasteiger partial charge in [0, 0.05) is 18.5 Å². The summed E-state index contributed by atoms with van der Waals surface area (Å²) in [6, 6.07) is 12.7. The Balaban J connectivity index is 1.97. The number of benzene rings is 2. The standard InChI is InChI=1S/C17H15N5O4/c1-21(17(18)19)16(23)13-8-10-4-2-7-14(15(10)20-13)26-12-6-3-5-11(9-12)22(24)25/h2-9,20H,1H3,(H3,18,19). The lowest BCUT2D eigenvalue weighted by molar-refractivity contribution is -0.384. The molecule has 0 radical (unpaired) electrons. The van der Waals surface area contributed by atoms with E-state index in [0.717, 1.165) is 4.90 Å². The zero-order chi connectivity index (χ0) is 18.8. The highest BCUT2D eigenvalue weighted by Gasteiger charge is 2.18. The number of rotatable bonds is 4. The van der Waals surface area contributed by atoms with Crippen LogP contribution in [0, 0.1) is 15.5 Å². The second-order valence-corrected chi connectivity index (χ2v) is 5.51. The normalized spacial score (nSPS) is 10.5. The van der Waals surface area contributed by atoms with E-state index in [4.69, 9.17) is 15.9 Å². The third-order valence-electron chi connectivity index (χ3n) is 3.77. The number of hydrogen-bond acceptors (Lipinski definition) is 5. The molecular weight excluding hydrogens is 338 g/mol. The van der Waals surface area contributed by atoms with E-state index in [1.807, 2.05) is 0 Å². The number of non-ortho nitro benzene ring substituents is 1. The smallest absolute Gasteiger partial charge is 0.276 e. The van der Waals surface area contributed by atoms with Crippen molar-refractivity contribution in [3.63, 3.8) is 0 Å². The number of hydrogen-bond donors (Lipinski definition) is 3. The fourth-order valence-corrected chi connectivity index (χ4v) is 2.41. The predicted octanol–water partition coefficient (Wildman–Crippen LogP) is 2.83. The maximum Gasteiger partial charge on any atom is 0.276 e. The van der Waals surface area contributed by atoms with Gasteiger partial charge in [0.2, 0.25) is 0 Å². The topological polar surface area (TPSA) is 138 Å². The third-order valence-corrected chi connectivity index (χ3v) is 3.77. The molecule has 1 amide bonds. The highest BCUT2D eigenvalue weighted by Crippen LogP contribution is 2.31. The number of amides is 1. The molecule has 4 N–H and O–H groups in total. The number of nitro groups is 1. The zero-order valence-corrected chi connectivity index (χ0v) is 13.7. The molecule has 0 fully saturated rings. The molecule has 0 bridgehead atoms. The van der Waals surface area contributed by atoms with Crippen LogP contribution in [0.2, 0.25) is 0 Å². The number of ether oxygens (including phenoxy) is 1. The lowest BCUT2D eigenvalue weighted by Crippen LogP contribution is -2.38. The predicted molar refractivity (Wildman–Crippen MR) is 95.5 cm³/mol. The van der Waals surface area contributed by atoms with E-state index in [1.54, 1.807) is 30.3 Å². The molecule has 1 aromatic heterocycles. The van der Waals surface area contributed by atoms with Crippen molar-refractivity contribution in [3.8, 4) is 11.5 Å². The number of para-hydroxylation sites is 1. The van der Waals surface area contributed by atoms with E-state index >= 15 is 0 Å². The third kappa shape index (κ3) is 3.18. The maximum absolute atomic E-state index is 12.3. The summed E-state index contributed by atoms with van der Waals surface area (Å²) >= 11 is 0. The van der Waals surface area contributed by atoms with Crippen LogP contribution in [0.5, 0.6) is 11.5 Å². The quantitative estimate of drug-likeness (QED) is 0.286. The summed E-state index contributed by atoms with van der Waals surface area (Å²) in [5, 5.41) is 19.0. The van der Waals surface area contributed by atoms with Crippen LogP contribution in [0.4, 0.5) is 5.69 Å². The fourth-order valence-electron chi connectivity index (χ4n) is 2.41. The average molecular weight is 353 g/mol. The number of nitrogens with one attached hydrogen (secondary N) is 2. The van der Waals surface area contributed by atoms with Crippen molar-refractivity contribution >= 4 is 28.5 Å². The molecule has 26 heavy (non-hydrogen) atoms. The highest BCUT2D eigenvalue weighted by molar-refractivity contribution is 6.06. The average Bonchev–Trinajstić information content (AvgIpc) is 3.06. The first kappa shape index (κ1) is 17.0. The van der Waals surface area contributed by atoms with E-state index in [-0.39, 0.29) is 17.3 Å². The molecule has 0 spiro atoms. The van der Waals surface area contributed by atoms with Crippen LogP contribution in [0.15, 0.2) is 48.5 Å². The summed E-state index contributed by atoms with van der Waals surface area (Å²) in [5.74, 6) is -0.126. The van der Waals surface area contributed by atoms with Gasteiger partial charge in [-0.2, -0.15) is 0 Å². The Kier molecular flexibility index (Phi) is 4.27. The minimum absolute atomic E-state index is 0.0832. The van der Waals surface area contributed by atoms with Gasteiger partial charge >= 0.3 is 0 Å². The zero-order valence-electron chi connectivity index (χ0n) is 13.7. The number of carbonyl (C=O) groups is 1. The molecule has 2 aromatic carbocycles. The molecule has 0 atom stereocenters. The van der Waals surface area contributed by atoms with Gasteiger partial charge in [0.05, 0.1) is 16.5 Å². The molecule has 0 saturated heterocycles. The van der Waals surface area contributed by atoms with Gasteiger partial charge < -0.3 is 15.5 Å². The molecule has 0 aliphatic rings. The van der Waals surface area contributed by atoms with Crippen LogP contribution in [-0.2, 0) is 0 Å². The number of carbonyl (C=O) groups excluding carboxylic acids is 1. The lowest BCUT2D eigenvalue weighted by atomic mass is 10.2. The number of guanidine groups is 1. The number of fused-ring (bicyclic) bond motifs is 1. The van der Waals surface area contributed by atoms with Crippen LogP contribution in [-0.4, -0.2) is 33.7 Å². The number of nitrogens with two attached hydrogens (primary N) is 1. The molecule has 132 valence electrons. The summed E-state index contributed by atoms with van der Waals surface area (Å²) in [5.41, 5.74) is 6.05. The molecule has 0 aliphatic heterocycles. The molecule has 9 nitrogen and oxygen atoms in total. The van der Waals surface area contributed by atoms with Crippen molar-refractivity contribution in [2.75, 3.05) is 7.05 Å². The van der Waals surface area contributed by atoms with Gasteiger partial charge in [0.15, 0.2) is 11.7 Å². The molecule has 3 aromatic rings. The van der Waals surface area contributed by atoms with Gasteiger partial charge in [-0.1, -0.05) is 18.2 Å². The Hall–Kier alpha value is -3.88. The van der Waals surface area contributed by atoms with Crippen molar-refractivity contribution < 1.29 is 14.5 Å². The van der Waals surface area contributed by atoms with E-state index in [0.29, 0.717) is 22.4 Å². The van der Waals surface area contributed by atoms with Gasteiger partial charge in [-0.3, -0.25) is 25.2 Å². The first-order valence-corrected chi connectivity index (χ1v) is 7.53. The summed E-state index contributed by atoms with van der Waals surface area (Å²) in [6.45, 7) is 0. The maximum atomic E-state index is 12.3. The van der Waals surface area contributed by atoms with E-state index < -0.39 is 10.8 Å². The minimum atomic E-state index is -0.504. The highest BCUT2D eigenvalue weighted by atomic mass is 16.6. The first-order valence-electron chi connectivity index (χ1n) is 7.53. The number of aromatic nitrogens is 1. The Morgan fingerprint density at radius 1 is 1.27 bits per heavy atom. The van der Waals surface area contributed by atoms with Crippen molar-refractivity contribution in [2.45, 2.75) is 0 Å². The van der Waals surface area contributed by atoms with Gasteiger partial charge in [0.25, 0.3) is 11.6 Å². The summed E-state index contributed by atoms with van der Waals surface area (Å²) in [4.78, 5) is 26.6. The number of nitrogens with zero attached hydrogens (tertiary/aromatic N) is 2. The first-order chi connectivity index (χ1) is 12.4. The summed E-state index contributed by atoms with van der Waals surface area (Å²) < 4.78 is 5.76. The van der Waals surface area contributed by atoms with Gasteiger partial charge in [-0.25, -0.2) is 0 Å².